The van der Waals surface area contributed by atoms with Crippen molar-refractivity contribution in [3.63, 3.8) is 0 Å². The molecule has 2 amide bonds. The fourth-order valence-corrected chi connectivity index (χ4v) is 4.89. The molecule has 0 atom stereocenters. The molecule has 25 heavy (non-hydrogen) atoms. The van der Waals surface area contributed by atoms with Crippen molar-refractivity contribution in [3.8, 4) is 0 Å². The Morgan fingerprint density at radius 1 is 1.28 bits per heavy atom. The molecule has 1 aliphatic rings. The van der Waals surface area contributed by atoms with Gasteiger partial charge in [0, 0.05) is 0 Å². The van der Waals surface area contributed by atoms with Crippen LogP contribution < -0.4 is 11.1 Å². The van der Waals surface area contributed by atoms with Crippen molar-refractivity contribution < 1.29 is 27.5 Å². The van der Waals surface area contributed by atoms with E-state index >= 15 is 0 Å². The van der Waals surface area contributed by atoms with E-state index in [4.69, 9.17) is 5.73 Å². The van der Waals surface area contributed by atoms with Gasteiger partial charge in [0.05, 0.1) is 10.5 Å². The molecule has 4 N–H and O–H groups in total. The highest BCUT2D eigenvalue weighted by atomic mass is 32.2. The van der Waals surface area contributed by atoms with Crippen LogP contribution in [-0.2, 0) is 14.6 Å². The predicted molar refractivity (Wildman–Crippen MR) is 87.5 cm³/mol. The first kappa shape index (κ1) is 17.5. The minimum absolute atomic E-state index is 0.0761. The molecular formula is C15H13FN2O5S2. The van der Waals surface area contributed by atoms with E-state index in [9.17, 15) is 27.5 Å². The average molecular weight is 384 g/mol. The number of hydrogen-bond donors (Lipinski definition) is 3. The van der Waals surface area contributed by atoms with Gasteiger partial charge < -0.3 is 16.2 Å². The molecule has 1 aliphatic carbocycles. The maximum atomic E-state index is 13.3. The summed E-state index contributed by atoms with van der Waals surface area (Å²) in [5, 5.41) is 12.0. The van der Waals surface area contributed by atoms with Gasteiger partial charge in [-0.15, -0.1) is 11.3 Å². The number of primary amides is 1. The van der Waals surface area contributed by atoms with E-state index in [0.29, 0.717) is 11.3 Å². The molecule has 0 saturated heterocycles. The summed E-state index contributed by atoms with van der Waals surface area (Å²) in [7, 11) is -4.10. The van der Waals surface area contributed by atoms with E-state index < -0.39 is 33.1 Å². The summed E-state index contributed by atoms with van der Waals surface area (Å²) >= 11 is 0.613. The molecule has 1 heterocycles. The minimum Gasteiger partial charge on any atom is -0.380 e. The van der Waals surface area contributed by atoms with Gasteiger partial charge in [-0.05, 0) is 37.1 Å². The van der Waals surface area contributed by atoms with Crippen molar-refractivity contribution in [2.24, 2.45) is 5.73 Å². The SMILES string of the molecule is NC(=O)c1cc(S(=O)(=O)c2cccc(F)c2)sc1NC(=O)C1(O)CC1. The lowest BCUT2D eigenvalue weighted by atomic mass is 10.3. The van der Waals surface area contributed by atoms with Crippen molar-refractivity contribution in [2.45, 2.75) is 27.5 Å². The largest absolute Gasteiger partial charge is 0.380 e. The highest BCUT2D eigenvalue weighted by molar-refractivity contribution is 7.93. The smallest absolute Gasteiger partial charge is 0.256 e. The fourth-order valence-electron chi connectivity index (χ4n) is 2.09. The number of nitrogens with one attached hydrogen (secondary N) is 1. The van der Waals surface area contributed by atoms with E-state index in [-0.39, 0.29) is 32.5 Å². The topological polar surface area (TPSA) is 127 Å². The summed E-state index contributed by atoms with van der Waals surface area (Å²) in [5.74, 6) is -2.39. The van der Waals surface area contributed by atoms with Gasteiger partial charge in [0.1, 0.15) is 20.6 Å². The molecule has 10 heteroatoms. The molecular weight excluding hydrogens is 371 g/mol. The first-order valence-corrected chi connectivity index (χ1v) is 9.41. The Balaban J connectivity index is 2.01. The van der Waals surface area contributed by atoms with E-state index in [0.717, 1.165) is 18.2 Å². The van der Waals surface area contributed by atoms with Gasteiger partial charge in [0.15, 0.2) is 0 Å². The number of halogens is 1. The molecule has 3 rings (SSSR count). The number of benzene rings is 1. The number of anilines is 1. The number of carbonyl (C=O) groups is 2. The normalized spacial score (nSPS) is 15.6. The molecule has 0 bridgehead atoms. The average Bonchev–Trinajstić information content (AvgIpc) is 3.14. The zero-order valence-corrected chi connectivity index (χ0v) is 14.3. The Hall–Kier alpha value is -2.30. The summed E-state index contributed by atoms with van der Waals surface area (Å²) in [6, 6.07) is 5.44. The maximum Gasteiger partial charge on any atom is 0.256 e. The molecule has 1 aromatic carbocycles. The molecule has 7 nitrogen and oxygen atoms in total. The molecule has 132 valence electrons. The third-order valence-electron chi connectivity index (χ3n) is 3.72. The van der Waals surface area contributed by atoms with Crippen molar-refractivity contribution in [1.29, 1.82) is 0 Å². The second kappa shape index (κ2) is 5.90. The molecule has 0 unspecified atom stereocenters. The van der Waals surface area contributed by atoms with Crippen LogP contribution in [0.2, 0.25) is 0 Å². The van der Waals surface area contributed by atoms with Gasteiger partial charge in [-0.2, -0.15) is 0 Å². The van der Waals surface area contributed by atoms with Crippen LogP contribution >= 0.6 is 11.3 Å². The van der Waals surface area contributed by atoms with E-state index in [2.05, 4.69) is 5.32 Å². The van der Waals surface area contributed by atoms with Crippen LogP contribution in [0.25, 0.3) is 0 Å². The van der Waals surface area contributed by atoms with Crippen LogP contribution in [0, 0.1) is 5.82 Å². The monoisotopic (exact) mass is 384 g/mol. The number of amides is 2. The Kier molecular flexibility index (Phi) is 4.13. The highest BCUT2D eigenvalue weighted by Crippen LogP contribution is 2.39. The van der Waals surface area contributed by atoms with E-state index in [1.807, 2.05) is 0 Å². The van der Waals surface area contributed by atoms with Crippen LogP contribution in [0.1, 0.15) is 23.2 Å². The van der Waals surface area contributed by atoms with Gasteiger partial charge >= 0.3 is 0 Å². The van der Waals surface area contributed by atoms with E-state index in [1.165, 1.54) is 12.1 Å². The second-order valence-corrected chi connectivity index (χ2v) is 8.85. The quantitative estimate of drug-likeness (QED) is 0.716. The molecule has 1 saturated carbocycles. The molecule has 0 aliphatic heterocycles. The number of thiophene rings is 1. The molecule has 2 aromatic rings. The van der Waals surface area contributed by atoms with Gasteiger partial charge in [-0.3, -0.25) is 9.59 Å². The number of nitrogens with two attached hydrogens (primary N) is 1. The zero-order chi connectivity index (χ0) is 18.4. The lowest BCUT2D eigenvalue weighted by Gasteiger charge is -2.08. The minimum atomic E-state index is -4.10. The van der Waals surface area contributed by atoms with Gasteiger partial charge in [-0.1, -0.05) is 6.07 Å². The summed E-state index contributed by atoms with van der Waals surface area (Å²) in [4.78, 5) is 23.2. The van der Waals surface area contributed by atoms with Crippen molar-refractivity contribution in [2.75, 3.05) is 5.32 Å². The van der Waals surface area contributed by atoms with Gasteiger partial charge in [0.25, 0.3) is 11.8 Å². The van der Waals surface area contributed by atoms with Gasteiger partial charge in [-0.25, -0.2) is 12.8 Å². The number of rotatable bonds is 5. The first-order valence-electron chi connectivity index (χ1n) is 7.12. The Bertz CT molecular complexity index is 980. The molecule has 0 spiro atoms. The number of sulfone groups is 1. The zero-order valence-electron chi connectivity index (χ0n) is 12.7. The lowest BCUT2D eigenvalue weighted by molar-refractivity contribution is -0.125. The fraction of sp³-hybridized carbons (Fsp3) is 0.200. The third kappa shape index (κ3) is 3.28. The van der Waals surface area contributed by atoms with Crippen LogP contribution in [0.4, 0.5) is 9.39 Å². The second-order valence-electron chi connectivity index (χ2n) is 5.62. The standard InChI is InChI=1S/C15H13FN2O5S2/c16-8-2-1-3-9(6-8)25(22,23)11-7-10(12(17)19)13(24-11)18-14(20)15(21)4-5-15/h1-3,6-7,21H,4-5H2,(H2,17,19)(H,18,20). The first-order chi connectivity index (χ1) is 11.6. The number of hydrogen-bond acceptors (Lipinski definition) is 6. The van der Waals surface area contributed by atoms with Crippen molar-refractivity contribution >= 4 is 38.0 Å². The summed E-state index contributed by atoms with van der Waals surface area (Å²) in [6.45, 7) is 0. The Morgan fingerprint density at radius 2 is 1.96 bits per heavy atom. The highest BCUT2D eigenvalue weighted by Gasteiger charge is 2.48. The number of aliphatic hydroxyl groups is 1. The third-order valence-corrected chi connectivity index (χ3v) is 6.99. The van der Waals surface area contributed by atoms with Crippen LogP contribution in [-0.4, -0.2) is 30.9 Å². The van der Waals surface area contributed by atoms with Crippen LogP contribution in [0.5, 0.6) is 0 Å². The number of carbonyl (C=O) groups excluding carboxylic acids is 2. The summed E-state index contributed by atoms with van der Waals surface area (Å²) in [6.07, 6.45) is 0.565. The molecule has 0 radical (unpaired) electrons. The van der Waals surface area contributed by atoms with Gasteiger partial charge in [0.2, 0.25) is 9.84 Å². The summed E-state index contributed by atoms with van der Waals surface area (Å²) in [5.41, 5.74) is 3.54. The van der Waals surface area contributed by atoms with Crippen LogP contribution in [0.15, 0.2) is 39.4 Å². The predicted octanol–water partition coefficient (Wildman–Crippen LogP) is 1.28. The Morgan fingerprint density at radius 3 is 2.52 bits per heavy atom. The van der Waals surface area contributed by atoms with E-state index in [1.54, 1.807) is 0 Å². The van der Waals surface area contributed by atoms with Crippen LogP contribution in [0.3, 0.4) is 0 Å². The summed E-state index contributed by atoms with van der Waals surface area (Å²) < 4.78 is 38.2. The lowest BCUT2D eigenvalue weighted by Crippen LogP contribution is -2.29. The van der Waals surface area contributed by atoms with Crippen molar-refractivity contribution in [1.82, 2.24) is 0 Å². The molecule has 1 aromatic heterocycles. The Labute approximate surface area is 146 Å². The molecule has 1 fully saturated rings. The maximum absolute atomic E-state index is 13.3. The van der Waals surface area contributed by atoms with Crippen molar-refractivity contribution in [3.05, 3.63) is 41.7 Å².